The van der Waals surface area contributed by atoms with E-state index >= 15 is 0 Å². The van der Waals surface area contributed by atoms with Crippen molar-refractivity contribution in [1.29, 1.82) is 0 Å². The van der Waals surface area contributed by atoms with E-state index in [1.165, 1.54) is 0 Å². The fraction of sp³-hybridized carbons (Fsp3) is 0.769. The van der Waals surface area contributed by atoms with E-state index in [0.717, 1.165) is 32.1 Å². The summed E-state index contributed by atoms with van der Waals surface area (Å²) in [7, 11) is 1.89. The van der Waals surface area contributed by atoms with Gasteiger partial charge in [0.05, 0.1) is 6.04 Å². The van der Waals surface area contributed by atoms with Crippen LogP contribution in [0.5, 0.6) is 0 Å². The third-order valence-electron chi connectivity index (χ3n) is 3.87. The van der Waals surface area contributed by atoms with Crippen LogP contribution in [0, 0.1) is 0 Å². The van der Waals surface area contributed by atoms with Crippen molar-refractivity contribution in [3.8, 4) is 0 Å². The van der Waals surface area contributed by atoms with Crippen LogP contribution in [-0.2, 0) is 4.79 Å². The van der Waals surface area contributed by atoms with Gasteiger partial charge in [-0.1, -0.05) is 12.2 Å². The Bertz CT molecular complexity index is 280. The summed E-state index contributed by atoms with van der Waals surface area (Å²) in [6, 6.07) is 0.845. The van der Waals surface area contributed by atoms with Gasteiger partial charge in [0.2, 0.25) is 5.91 Å². The van der Waals surface area contributed by atoms with Gasteiger partial charge in [-0.05, 0) is 46.1 Å². The maximum atomic E-state index is 12.4. The molecule has 1 amide bonds. The molecule has 2 unspecified atom stereocenters. The van der Waals surface area contributed by atoms with Gasteiger partial charge < -0.3 is 10.2 Å². The summed E-state index contributed by atoms with van der Waals surface area (Å²) >= 11 is 0. The number of hydrogen-bond donors (Lipinski definition) is 1. The molecule has 0 radical (unpaired) electrons. The van der Waals surface area contributed by atoms with Crippen LogP contribution in [0.4, 0.5) is 0 Å². The highest BCUT2D eigenvalue weighted by Gasteiger charge is 2.34. The fourth-order valence-electron chi connectivity index (χ4n) is 2.91. The van der Waals surface area contributed by atoms with Crippen LogP contribution in [0.15, 0.2) is 12.2 Å². The molecule has 0 spiro atoms. The standard InChI is InChI=1S/C13H22N2O/c1-10-6-5-9-12(14-2)13(16)15(10)11-7-3-4-8-11/h3-4,10-12,14H,5-9H2,1-2H3. The summed E-state index contributed by atoms with van der Waals surface area (Å²) in [5.41, 5.74) is 0. The van der Waals surface area contributed by atoms with E-state index in [1.807, 2.05) is 7.05 Å². The first kappa shape index (κ1) is 11.6. The van der Waals surface area contributed by atoms with E-state index in [2.05, 4.69) is 29.3 Å². The second-order valence-corrected chi connectivity index (χ2v) is 4.96. The third-order valence-corrected chi connectivity index (χ3v) is 3.87. The Morgan fingerprint density at radius 3 is 2.62 bits per heavy atom. The number of likely N-dealkylation sites (tertiary alicyclic amines) is 1. The number of likely N-dealkylation sites (N-methyl/N-ethyl adjacent to an activating group) is 1. The van der Waals surface area contributed by atoms with Gasteiger partial charge in [-0.25, -0.2) is 0 Å². The van der Waals surface area contributed by atoms with Gasteiger partial charge in [0.15, 0.2) is 0 Å². The predicted molar refractivity (Wildman–Crippen MR) is 65.2 cm³/mol. The lowest BCUT2D eigenvalue weighted by Crippen LogP contribution is -2.50. The Morgan fingerprint density at radius 2 is 2.00 bits per heavy atom. The van der Waals surface area contributed by atoms with E-state index in [9.17, 15) is 4.79 Å². The molecule has 0 aromatic heterocycles. The molecule has 0 bridgehead atoms. The highest BCUT2D eigenvalue weighted by molar-refractivity contribution is 5.82. The van der Waals surface area contributed by atoms with Crippen LogP contribution in [0.1, 0.15) is 39.0 Å². The summed E-state index contributed by atoms with van der Waals surface area (Å²) in [5.74, 6) is 0.307. The quantitative estimate of drug-likeness (QED) is 0.721. The van der Waals surface area contributed by atoms with Gasteiger partial charge >= 0.3 is 0 Å². The lowest BCUT2D eigenvalue weighted by atomic mass is 10.1. The summed E-state index contributed by atoms with van der Waals surface area (Å²) in [5, 5.41) is 3.16. The van der Waals surface area contributed by atoms with Crippen molar-refractivity contribution in [3.05, 3.63) is 12.2 Å². The van der Waals surface area contributed by atoms with Crippen LogP contribution in [0.3, 0.4) is 0 Å². The highest BCUT2D eigenvalue weighted by atomic mass is 16.2. The smallest absolute Gasteiger partial charge is 0.240 e. The summed E-state index contributed by atoms with van der Waals surface area (Å²) in [4.78, 5) is 14.5. The number of nitrogens with zero attached hydrogens (tertiary/aromatic N) is 1. The zero-order chi connectivity index (χ0) is 11.5. The molecule has 3 nitrogen and oxygen atoms in total. The third kappa shape index (κ3) is 2.14. The Labute approximate surface area is 97.9 Å². The molecule has 1 heterocycles. The maximum Gasteiger partial charge on any atom is 0.240 e. The average Bonchev–Trinajstić information content (AvgIpc) is 2.73. The van der Waals surface area contributed by atoms with Crippen molar-refractivity contribution in [3.63, 3.8) is 0 Å². The highest BCUT2D eigenvalue weighted by Crippen LogP contribution is 2.26. The molecule has 1 aliphatic heterocycles. The molecule has 1 N–H and O–H groups in total. The minimum atomic E-state index is 0.0329. The molecule has 90 valence electrons. The van der Waals surface area contributed by atoms with E-state index in [-0.39, 0.29) is 6.04 Å². The minimum absolute atomic E-state index is 0.0329. The van der Waals surface area contributed by atoms with Crippen LogP contribution in [0.2, 0.25) is 0 Å². The average molecular weight is 222 g/mol. The van der Waals surface area contributed by atoms with E-state index in [0.29, 0.717) is 18.0 Å². The summed E-state index contributed by atoms with van der Waals surface area (Å²) in [6.45, 7) is 2.19. The van der Waals surface area contributed by atoms with Gasteiger partial charge in [-0.2, -0.15) is 0 Å². The largest absolute Gasteiger partial charge is 0.335 e. The van der Waals surface area contributed by atoms with Crippen molar-refractivity contribution < 1.29 is 4.79 Å². The normalized spacial score (nSPS) is 32.1. The number of nitrogens with one attached hydrogen (secondary N) is 1. The van der Waals surface area contributed by atoms with Gasteiger partial charge in [0, 0.05) is 12.1 Å². The topological polar surface area (TPSA) is 32.3 Å². The summed E-state index contributed by atoms with van der Waals surface area (Å²) < 4.78 is 0. The predicted octanol–water partition coefficient (Wildman–Crippen LogP) is 1.69. The lowest BCUT2D eigenvalue weighted by molar-refractivity contribution is -0.137. The molecule has 0 aromatic carbocycles. The number of amides is 1. The molecule has 1 saturated heterocycles. The molecule has 1 aliphatic carbocycles. The Hall–Kier alpha value is -0.830. The Balaban J connectivity index is 2.13. The van der Waals surface area contributed by atoms with Crippen molar-refractivity contribution in [2.75, 3.05) is 7.05 Å². The van der Waals surface area contributed by atoms with Crippen LogP contribution < -0.4 is 5.32 Å². The number of carbonyl (C=O) groups excluding carboxylic acids is 1. The fourth-order valence-corrected chi connectivity index (χ4v) is 2.91. The molecule has 2 atom stereocenters. The summed E-state index contributed by atoms with van der Waals surface area (Å²) in [6.07, 6.45) is 9.73. The van der Waals surface area contributed by atoms with E-state index < -0.39 is 0 Å². The molecular formula is C13H22N2O. The number of rotatable bonds is 2. The van der Waals surface area contributed by atoms with Crippen LogP contribution in [-0.4, -0.2) is 36.0 Å². The number of hydrogen-bond acceptors (Lipinski definition) is 2. The zero-order valence-electron chi connectivity index (χ0n) is 10.3. The maximum absolute atomic E-state index is 12.4. The molecule has 2 aliphatic rings. The van der Waals surface area contributed by atoms with Crippen molar-refractivity contribution in [2.45, 2.75) is 57.2 Å². The van der Waals surface area contributed by atoms with Crippen LogP contribution >= 0.6 is 0 Å². The van der Waals surface area contributed by atoms with Gasteiger partial charge in [0.25, 0.3) is 0 Å². The molecule has 3 heteroatoms. The molecule has 0 saturated carbocycles. The molecular weight excluding hydrogens is 200 g/mol. The first-order chi connectivity index (χ1) is 7.74. The first-order valence-corrected chi connectivity index (χ1v) is 6.38. The van der Waals surface area contributed by atoms with Crippen molar-refractivity contribution in [2.24, 2.45) is 0 Å². The molecule has 2 rings (SSSR count). The minimum Gasteiger partial charge on any atom is -0.335 e. The monoisotopic (exact) mass is 222 g/mol. The Morgan fingerprint density at radius 1 is 1.31 bits per heavy atom. The van der Waals surface area contributed by atoms with Gasteiger partial charge in [0.1, 0.15) is 0 Å². The second-order valence-electron chi connectivity index (χ2n) is 4.96. The van der Waals surface area contributed by atoms with Gasteiger partial charge in [-0.3, -0.25) is 4.79 Å². The van der Waals surface area contributed by atoms with Crippen molar-refractivity contribution >= 4 is 5.91 Å². The zero-order valence-corrected chi connectivity index (χ0v) is 10.3. The molecule has 16 heavy (non-hydrogen) atoms. The Kier molecular flexibility index (Phi) is 3.64. The first-order valence-electron chi connectivity index (χ1n) is 6.38. The number of carbonyl (C=O) groups is 1. The molecule has 1 fully saturated rings. The van der Waals surface area contributed by atoms with E-state index in [1.54, 1.807) is 0 Å². The van der Waals surface area contributed by atoms with Crippen molar-refractivity contribution in [1.82, 2.24) is 10.2 Å². The van der Waals surface area contributed by atoms with Crippen LogP contribution in [0.25, 0.3) is 0 Å². The molecule has 0 aromatic rings. The lowest BCUT2D eigenvalue weighted by Gasteiger charge is -2.34. The van der Waals surface area contributed by atoms with Gasteiger partial charge in [-0.15, -0.1) is 0 Å². The second kappa shape index (κ2) is 5.00. The van der Waals surface area contributed by atoms with E-state index in [4.69, 9.17) is 0 Å². The SMILES string of the molecule is CNC1CCCC(C)N(C2CC=CC2)C1=O.